The van der Waals surface area contributed by atoms with Crippen LogP contribution in [-0.4, -0.2) is 12.4 Å². The summed E-state index contributed by atoms with van der Waals surface area (Å²) in [6.45, 7) is 2.14. The third-order valence-corrected chi connectivity index (χ3v) is 2.84. The SMILES string of the molecule is CCCCC1Oc2ccccc2C=C1C=O. The van der Waals surface area contributed by atoms with Gasteiger partial charge in [0.25, 0.3) is 0 Å². The first-order chi connectivity index (χ1) is 7.85. The van der Waals surface area contributed by atoms with Crippen LogP contribution in [-0.2, 0) is 4.79 Å². The Morgan fingerprint density at radius 3 is 2.94 bits per heavy atom. The van der Waals surface area contributed by atoms with Crippen LogP contribution in [0.15, 0.2) is 29.8 Å². The maximum atomic E-state index is 11.0. The number of fused-ring (bicyclic) bond motifs is 1. The fourth-order valence-corrected chi connectivity index (χ4v) is 1.93. The molecule has 0 fully saturated rings. The number of rotatable bonds is 4. The van der Waals surface area contributed by atoms with E-state index in [0.717, 1.165) is 42.4 Å². The Kier molecular flexibility index (Phi) is 3.40. The van der Waals surface area contributed by atoms with Crippen molar-refractivity contribution >= 4 is 12.4 Å². The molecule has 0 spiro atoms. The highest BCUT2D eigenvalue weighted by atomic mass is 16.5. The molecule has 1 aliphatic rings. The second-order valence-corrected chi connectivity index (χ2v) is 4.05. The number of hydrogen-bond donors (Lipinski definition) is 0. The highest BCUT2D eigenvalue weighted by Gasteiger charge is 2.21. The van der Waals surface area contributed by atoms with E-state index in [2.05, 4.69) is 6.92 Å². The number of aldehydes is 1. The van der Waals surface area contributed by atoms with Crippen LogP contribution in [0.2, 0.25) is 0 Å². The molecule has 1 aromatic carbocycles. The van der Waals surface area contributed by atoms with Crippen molar-refractivity contribution in [2.75, 3.05) is 0 Å². The molecule has 0 saturated heterocycles. The van der Waals surface area contributed by atoms with Crippen molar-refractivity contribution < 1.29 is 9.53 Å². The van der Waals surface area contributed by atoms with Crippen molar-refractivity contribution in [1.29, 1.82) is 0 Å². The van der Waals surface area contributed by atoms with E-state index < -0.39 is 0 Å². The highest BCUT2D eigenvalue weighted by molar-refractivity contribution is 5.85. The Balaban J connectivity index is 2.24. The van der Waals surface area contributed by atoms with Crippen LogP contribution in [0.1, 0.15) is 31.7 Å². The number of para-hydroxylation sites is 1. The van der Waals surface area contributed by atoms with Gasteiger partial charge in [-0.05, 0) is 25.0 Å². The molecule has 1 heterocycles. The van der Waals surface area contributed by atoms with Gasteiger partial charge in [0.1, 0.15) is 18.1 Å². The minimum absolute atomic E-state index is 0.0626. The summed E-state index contributed by atoms with van der Waals surface area (Å²) in [5.41, 5.74) is 1.75. The van der Waals surface area contributed by atoms with Crippen molar-refractivity contribution in [2.24, 2.45) is 0 Å². The predicted molar refractivity (Wildman–Crippen MR) is 64.4 cm³/mol. The summed E-state index contributed by atoms with van der Waals surface area (Å²) in [4.78, 5) is 11.0. The molecular weight excluding hydrogens is 200 g/mol. The molecule has 84 valence electrons. The topological polar surface area (TPSA) is 26.3 Å². The van der Waals surface area contributed by atoms with Gasteiger partial charge >= 0.3 is 0 Å². The number of benzene rings is 1. The molecule has 2 heteroatoms. The molecule has 0 aromatic heterocycles. The summed E-state index contributed by atoms with van der Waals surface area (Å²) in [6.07, 6.45) is 5.90. The molecule has 0 bridgehead atoms. The van der Waals surface area contributed by atoms with E-state index in [-0.39, 0.29) is 6.10 Å². The standard InChI is InChI=1S/C14H16O2/c1-2-3-7-14-12(10-15)9-11-6-4-5-8-13(11)16-14/h4-6,8-10,14H,2-3,7H2,1H3. The zero-order chi connectivity index (χ0) is 11.4. The second-order valence-electron chi connectivity index (χ2n) is 4.05. The first-order valence-corrected chi connectivity index (χ1v) is 5.77. The number of carbonyl (C=O) groups excluding carboxylic acids is 1. The van der Waals surface area contributed by atoms with Gasteiger partial charge in [-0.25, -0.2) is 0 Å². The average molecular weight is 216 g/mol. The van der Waals surface area contributed by atoms with Crippen LogP contribution >= 0.6 is 0 Å². The van der Waals surface area contributed by atoms with Crippen LogP contribution in [0.4, 0.5) is 0 Å². The molecule has 0 amide bonds. The zero-order valence-corrected chi connectivity index (χ0v) is 9.48. The van der Waals surface area contributed by atoms with E-state index in [0.29, 0.717) is 0 Å². The van der Waals surface area contributed by atoms with E-state index in [1.807, 2.05) is 30.3 Å². The first-order valence-electron chi connectivity index (χ1n) is 5.77. The van der Waals surface area contributed by atoms with Crippen molar-refractivity contribution in [1.82, 2.24) is 0 Å². The first kappa shape index (κ1) is 10.9. The van der Waals surface area contributed by atoms with Gasteiger partial charge in [-0.2, -0.15) is 0 Å². The Morgan fingerprint density at radius 2 is 2.19 bits per heavy atom. The molecule has 1 atom stereocenters. The number of carbonyl (C=O) groups is 1. The molecule has 1 unspecified atom stereocenters. The molecule has 1 aromatic rings. The molecule has 16 heavy (non-hydrogen) atoms. The van der Waals surface area contributed by atoms with Crippen molar-refractivity contribution in [3.8, 4) is 5.75 Å². The normalized spacial score (nSPS) is 18.3. The maximum absolute atomic E-state index is 11.0. The third kappa shape index (κ3) is 2.16. The van der Waals surface area contributed by atoms with Crippen LogP contribution in [0.25, 0.3) is 6.08 Å². The molecule has 0 aliphatic carbocycles. The Labute approximate surface area is 95.9 Å². The van der Waals surface area contributed by atoms with Crippen LogP contribution in [0, 0.1) is 0 Å². The fraction of sp³-hybridized carbons (Fsp3) is 0.357. The Bertz CT molecular complexity index is 407. The summed E-state index contributed by atoms with van der Waals surface area (Å²) >= 11 is 0. The van der Waals surface area contributed by atoms with E-state index in [4.69, 9.17) is 4.74 Å². The summed E-state index contributed by atoms with van der Waals surface area (Å²) in [5.74, 6) is 0.884. The summed E-state index contributed by atoms with van der Waals surface area (Å²) in [7, 11) is 0. The zero-order valence-electron chi connectivity index (χ0n) is 9.48. The number of unbranched alkanes of at least 4 members (excludes halogenated alkanes) is 1. The van der Waals surface area contributed by atoms with E-state index in [1.54, 1.807) is 0 Å². The van der Waals surface area contributed by atoms with Gasteiger partial charge in [-0.15, -0.1) is 0 Å². The molecule has 0 radical (unpaired) electrons. The number of ether oxygens (including phenoxy) is 1. The summed E-state index contributed by atoms with van der Waals surface area (Å²) in [5, 5.41) is 0. The van der Waals surface area contributed by atoms with E-state index >= 15 is 0 Å². The van der Waals surface area contributed by atoms with Gasteiger partial charge < -0.3 is 4.74 Å². The number of hydrogen-bond acceptors (Lipinski definition) is 2. The molecule has 0 N–H and O–H groups in total. The van der Waals surface area contributed by atoms with E-state index in [1.165, 1.54) is 0 Å². The summed E-state index contributed by atoms with van der Waals surface area (Å²) in [6, 6.07) is 7.82. The lowest BCUT2D eigenvalue weighted by Gasteiger charge is -2.24. The van der Waals surface area contributed by atoms with Crippen molar-refractivity contribution in [3.05, 3.63) is 35.4 Å². The minimum atomic E-state index is -0.0626. The Hall–Kier alpha value is -1.57. The van der Waals surface area contributed by atoms with Crippen molar-refractivity contribution in [3.63, 3.8) is 0 Å². The molecule has 2 nitrogen and oxygen atoms in total. The predicted octanol–water partition coefficient (Wildman–Crippen LogP) is 3.22. The van der Waals surface area contributed by atoms with Gasteiger partial charge in [0, 0.05) is 11.1 Å². The second kappa shape index (κ2) is 4.97. The lowest BCUT2D eigenvalue weighted by Crippen LogP contribution is -2.23. The lowest BCUT2D eigenvalue weighted by molar-refractivity contribution is -0.105. The van der Waals surface area contributed by atoms with Crippen LogP contribution in [0.5, 0.6) is 5.75 Å². The van der Waals surface area contributed by atoms with Gasteiger partial charge in [0.15, 0.2) is 0 Å². The monoisotopic (exact) mass is 216 g/mol. The average Bonchev–Trinajstić information content (AvgIpc) is 2.35. The van der Waals surface area contributed by atoms with Crippen LogP contribution < -0.4 is 4.74 Å². The van der Waals surface area contributed by atoms with E-state index in [9.17, 15) is 4.79 Å². The fourth-order valence-electron chi connectivity index (χ4n) is 1.93. The van der Waals surface area contributed by atoms with Gasteiger partial charge in [0.2, 0.25) is 0 Å². The molecule has 1 aliphatic heterocycles. The maximum Gasteiger partial charge on any atom is 0.149 e. The minimum Gasteiger partial charge on any atom is -0.485 e. The molecule has 0 saturated carbocycles. The largest absolute Gasteiger partial charge is 0.485 e. The van der Waals surface area contributed by atoms with Crippen molar-refractivity contribution in [2.45, 2.75) is 32.3 Å². The van der Waals surface area contributed by atoms with Gasteiger partial charge in [-0.3, -0.25) is 4.79 Å². The molecular formula is C14H16O2. The summed E-state index contributed by atoms with van der Waals surface area (Å²) < 4.78 is 5.84. The quantitative estimate of drug-likeness (QED) is 0.722. The third-order valence-electron chi connectivity index (χ3n) is 2.84. The van der Waals surface area contributed by atoms with Gasteiger partial charge in [0.05, 0.1) is 0 Å². The Morgan fingerprint density at radius 1 is 1.38 bits per heavy atom. The smallest absolute Gasteiger partial charge is 0.149 e. The highest BCUT2D eigenvalue weighted by Crippen LogP contribution is 2.30. The van der Waals surface area contributed by atoms with Gasteiger partial charge in [-0.1, -0.05) is 31.5 Å². The lowest BCUT2D eigenvalue weighted by atomic mass is 9.99. The molecule has 2 rings (SSSR count). The van der Waals surface area contributed by atoms with Crippen LogP contribution in [0.3, 0.4) is 0 Å².